The first kappa shape index (κ1) is 11.8. The van der Waals surface area contributed by atoms with Gasteiger partial charge in [0.25, 0.3) is 0 Å². The smallest absolute Gasteiger partial charge is 0.329 e. The van der Waals surface area contributed by atoms with Gasteiger partial charge in [-0.2, -0.15) is 0 Å². The van der Waals surface area contributed by atoms with Crippen LogP contribution in [-0.4, -0.2) is 22.1 Å². The van der Waals surface area contributed by atoms with E-state index in [1.54, 1.807) is 0 Å². The molecule has 17 heavy (non-hydrogen) atoms. The molecule has 1 aromatic heterocycles. The van der Waals surface area contributed by atoms with E-state index in [9.17, 15) is 10.1 Å². The van der Waals surface area contributed by atoms with E-state index in [0.717, 1.165) is 25.7 Å². The summed E-state index contributed by atoms with van der Waals surface area (Å²) in [6.45, 7) is 0. The molecule has 0 bridgehead atoms. The fourth-order valence-electron chi connectivity index (χ4n) is 2.05. The largest absolute Gasteiger partial charge is 0.482 e. The summed E-state index contributed by atoms with van der Waals surface area (Å²) in [5, 5.41) is 10.8. The van der Waals surface area contributed by atoms with Crippen LogP contribution in [0.3, 0.4) is 0 Å². The van der Waals surface area contributed by atoms with Crippen molar-refractivity contribution in [2.45, 2.75) is 37.8 Å². The van der Waals surface area contributed by atoms with Crippen molar-refractivity contribution in [3.05, 3.63) is 28.6 Å². The van der Waals surface area contributed by atoms with E-state index in [4.69, 9.17) is 10.5 Å². The van der Waals surface area contributed by atoms with Gasteiger partial charge in [-0.25, -0.2) is 0 Å². The molecule has 0 amide bonds. The number of pyridine rings is 1. The average Bonchev–Trinajstić information content (AvgIpc) is 2.32. The van der Waals surface area contributed by atoms with Crippen LogP contribution in [0.2, 0.25) is 0 Å². The number of ether oxygens (including phenoxy) is 1. The van der Waals surface area contributed by atoms with Crippen molar-refractivity contribution in [2.24, 2.45) is 5.73 Å². The number of rotatable bonds is 3. The summed E-state index contributed by atoms with van der Waals surface area (Å²) in [6.07, 6.45) is 6.45. The molecule has 2 N–H and O–H groups in total. The van der Waals surface area contributed by atoms with Crippen LogP contribution in [0.25, 0.3) is 0 Å². The normalized spacial score (nSPS) is 24.3. The Morgan fingerprint density at radius 3 is 2.94 bits per heavy atom. The standard InChI is InChI=1S/C11H15N3O3/c12-8-3-1-2-4-10(8)17-11-5-6-13-7-9(11)14(15)16/h5-8,10H,1-4,12H2. The Labute approximate surface area is 98.9 Å². The Kier molecular flexibility index (Phi) is 3.53. The fourth-order valence-corrected chi connectivity index (χ4v) is 2.05. The second-order valence-electron chi connectivity index (χ2n) is 4.21. The second-order valence-corrected chi connectivity index (χ2v) is 4.21. The molecule has 0 aliphatic heterocycles. The van der Waals surface area contributed by atoms with Crippen LogP contribution in [0, 0.1) is 10.1 Å². The maximum atomic E-state index is 10.8. The summed E-state index contributed by atoms with van der Waals surface area (Å²) in [5.41, 5.74) is 5.84. The molecule has 0 saturated heterocycles. The van der Waals surface area contributed by atoms with E-state index in [1.165, 1.54) is 18.5 Å². The number of nitro groups is 1. The first-order valence-electron chi connectivity index (χ1n) is 5.69. The summed E-state index contributed by atoms with van der Waals surface area (Å²) < 4.78 is 5.65. The Morgan fingerprint density at radius 1 is 1.47 bits per heavy atom. The summed E-state index contributed by atoms with van der Waals surface area (Å²) >= 11 is 0. The van der Waals surface area contributed by atoms with Crippen LogP contribution in [0.5, 0.6) is 5.75 Å². The Hall–Kier alpha value is -1.69. The first-order valence-corrected chi connectivity index (χ1v) is 5.69. The molecule has 1 aliphatic carbocycles. The summed E-state index contributed by atoms with van der Waals surface area (Å²) in [7, 11) is 0. The molecule has 0 aromatic carbocycles. The lowest BCUT2D eigenvalue weighted by molar-refractivity contribution is -0.386. The summed E-state index contributed by atoms with van der Waals surface area (Å²) in [5.74, 6) is 0.257. The van der Waals surface area contributed by atoms with E-state index >= 15 is 0 Å². The van der Waals surface area contributed by atoms with Gasteiger partial charge in [-0.3, -0.25) is 15.1 Å². The third kappa shape index (κ3) is 2.71. The van der Waals surface area contributed by atoms with E-state index in [1.807, 2.05) is 0 Å². The van der Waals surface area contributed by atoms with Crippen molar-refractivity contribution in [3.63, 3.8) is 0 Å². The van der Waals surface area contributed by atoms with Gasteiger partial charge in [-0.15, -0.1) is 0 Å². The number of hydrogen-bond donors (Lipinski definition) is 1. The lowest BCUT2D eigenvalue weighted by Crippen LogP contribution is -2.41. The molecule has 1 heterocycles. The molecule has 1 aliphatic rings. The topological polar surface area (TPSA) is 91.3 Å². The molecule has 1 saturated carbocycles. The van der Waals surface area contributed by atoms with Crippen molar-refractivity contribution in [1.29, 1.82) is 0 Å². The van der Waals surface area contributed by atoms with Gasteiger partial charge in [0.2, 0.25) is 5.75 Å². The van der Waals surface area contributed by atoms with Crippen LogP contribution >= 0.6 is 0 Å². The molecular formula is C11H15N3O3. The molecular weight excluding hydrogens is 222 g/mol. The number of nitrogens with zero attached hydrogens (tertiary/aromatic N) is 2. The van der Waals surface area contributed by atoms with Crippen molar-refractivity contribution in [2.75, 3.05) is 0 Å². The van der Waals surface area contributed by atoms with Gasteiger partial charge in [-0.1, -0.05) is 6.42 Å². The van der Waals surface area contributed by atoms with Crippen LogP contribution < -0.4 is 10.5 Å². The van der Waals surface area contributed by atoms with Gasteiger partial charge in [0, 0.05) is 18.3 Å². The minimum absolute atomic E-state index is 0.0449. The third-order valence-electron chi connectivity index (χ3n) is 2.99. The zero-order valence-electron chi connectivity index (χ0n) is 9.41. The predicted molar refractivity (Wildman–Crippen MR) is 61.8 cm³/mol. The van der Waals surface area contributed by atoms with Crippen molar-refractivity contribution in [3.8, 4) is 5.75 Å². The molecule has 0 radical (unpaired) electrons. The highest BCUT2D eigenvalue weighted by Crippen LogP contribution is 2.29. The molecule has 1 fully saturated rings. The lowest BCUT2D eigenvalue weighted by Gasteiger charge is -2.28. The molecule has 6 nitrogen and oxygen atoms in total. The maximum absolute atomic E-state index is 10.8. The summed E-state index contributed by atoms with van der Waals surface area (Å²) in [4.78, 5) is 14.0. The molecule has 1 aromatic rings. The monoisotopic (exact) mass is 237 g/mol. The van der Waals surface area contributed by atoms with E-state index in [0.29, 0.717) is 0 Å². The molecule has 2 rings (SSSR count). The summed E-state index contributed by atoms with van der Waals surface area (Å²) in [6, 6.07) is 1.47. The third-order valence-corrected chi connectivity index (χ3v) is 2.99. The molecule has 92 valence electrons. The highest BCUT2D eigenvalue weighted by Gasteiger charge is 2.26. The van der Waals surface area contributed by atoms with Crippen LogP contribution in [-0.2, 0) is 0 Å². The van der Waals surface area contributed by atoms with Gasteiger partial charge in [0.1, 0.15) is 12.3 Å². The van der Waals surface area contributed by atoms with Crippen molar-refractivity contribution in [1.82, 2.24) is 4.98 Å². The minimum Gasteiger partial charge on any atom is -0.482 e. The quantitative estimate of drug-likeness (QED) is 0.637. The molecule has 2 atom stereocenters. The second kappa shape index (κ2) is 5.09. The fraction of sp³-hybridized carbons (Fsp3) is 0.545. The SMILES string of the molecule is NC1CCCCC1Oc1ccncc1[N+](=O)[O-]. The van der Waals surface area contributed by atoms with Crippen molar-refractivity contribution >= 4 is 5.69 Å². The maximum Gasteiger partial charge on any atom is 0.329 e. The van der Waals surface area contributed by atoms with Crippen molar-refractivity contribution < 1.29 is 9.66 Å². The van der Waals surface area contributed by atoms with E-state index < -0.39 is 4.92 Å². The van der Waals surface area contributed by atoms with Gasteiger partial charge < -0.3 is 10.5 Å². The van der Waals surface area contributed by atoms with Crippen LogP contribution in [0.15, 0.2) is 18.5 Å². The Bertz CT molecular complexity index is 411. The highest BCUT2D eigenvalue weighted by molar-refractivity contribution is 5.43. The van der Waals surface area contributed by atoms with Gasteiger partial charge in [-0.05, 0) is 19.3 Å². The first-order chi connectivity index (χ1) is 8.18. The predicted octanol–water partition coefficient (Wildman–Crippen LogP) is 1.64. The zero-order chi connectivity index (χ0) is 12.3. The Balaban J connectivity index is 2.14. The highest BCUT2D eigenvalue weighted by atomic mass is 16.6. The molecule has 0 spiro atoms. The number of nitrogens with two attached hydrogens (primary N) is 1. The lowest BCUT2D eigenvalue weighted by atomic mass is 9.93. The molecule has 2 unspecified atom stereocenters. The van der Waals surface area contributed by atoms with Crippen LogP contribution in [0.1, 0.15) is 25.7 Å². The van der Waals surface area contributed by atoms with E-state index in [2.05, 4.69) is 4.98 Å². The van der Waals surface area contributed by atoms with Gasteiger partial charge >= 0.3 is 5.69 Å². The van der Waals surface area contributed by atoms with E-state index in [-0.39, 0.29) is 23.6 Å². The number of hydrogen-bond acceptors (Lipinski definition) is 5. The Morgan fingerprint density at radius 2 is 2.24 bits per heavy atom. The number of aromatic nitrogens is 1. The van der Waals surface area contributed by atoms with Gasteiger partial charge in [0.05, 0.1) is 4.92 Å². The van der Waals surface area contributed by atoms with Crippen LogP contribution in [0.4, 0.5) is 5.69 Å². The zero-order valence-corrected chi connectivity index (χ0v) is 9.41. The molecule has 6 heteroatoms. The minimum atomic E-state index is -0.489. The average molecular weight is 237 g/mol. The van der Waals surface area contributed by atoms with Gasteiger partial charge in [0.15, 0.2) is 0 Å².